The molecule has 120 valence electrons. The summed E-state index contributed by atoms with van der Waals surface area (Å²) in [7, 11) is 0. The van der Waals surface area contributed by atoms with E-state index in [4.69, 9.17) is 4.42 Å². The Hall–Kier alpha value is -1.34. The van der Waals surface area contributed by atoms with Gasteiger partial charge in [0.05, 0.1) is 22.4 Å². The minimum absolute atomic E-state index is 0.562. The highest BCUT2D eigenvalue weighted by Gasteiger charge is 2.31. The Bertz CT molecular complexity index is 773. The standard InChI is InChI=1S/C17H18N2O2S2/c20-17(7-8-22-11-17)10-18-9-12-5-6-14(21-12)16-19-13-3-1-2-4-15(13)23-16/h1-6,18,20H,7-11H2. The first-order valence-electron chi connectivity index (χ1n) is 7.67. The third-order valence-electron chi connectivity index (χ3n) is 4.00. The molecule has 0 bridgehead atoms. The lowest BCUT2D eigenvalue weighted by Gasteiger charge is -2.21. The van der Waals surface area contributed by atoms with Gasteiger partial charge in [0.25, 0.3) is 0 Å². The summed E-state index contributed by atoms with van der Waals surface area (Å²) in [6, 6.07) is 12.0. The Morgan fingerprint density at radius 3 is 3.00 bits per heavy atom. The zero-order valence-electron chi connectivity index (χ0n) is 12.6. The van der Waals surface area contributed by atoms with Crippen molar-refractivity contribution >= 4 is 33.3 Å². The molecule has 23 heavy (non-hydrogen) atoms. The van der Waals surface area contributed by atoms with E-state index in [1.165, 1.54) is 4.70 Å². The zero-order chi connectivity index (χ0) is 15.7. The summed E-state index contributed by atoms with van der Waals surface area (Å²) < 4.78 is 7.06. The van der Waals surface area contributed by atoms with Gasteiger partial charge in [-0.15, -0.1) is 11.3 Å². The molecule has 1 fully saturated rings. The third kappa shape index (κ3) is 3.30. The van der Waals surface area contributed by atoms with E-state index in [9.17, 15) is 5.11 Å². The number of thioether (sulfide) groups is 1. The number of furan rings is 1. The van der Waals surface area contributed by atoms with Gasteiger partial charge in [0.2, 0.25) is 0 Å². The average Bonchev–Trinajstić information content (AvgIpc) is 3.26. The Balaban J connectivity index is 1.42. The van der Waals surface area contributed by atoms with Gasteiger partial charge in [0.1, 0.15) is 5.76 Å². The average molecular weight is 346 g/mol. The molecule has 6 heteroatoms. The number of nitrogens with zero attached hydrogens (tertiary/aromatic N) is 1. The van der Waals surface area contributed by atoms with Crippen LogP contribution in [0.15, 0.2) is 40.8 Å². The van der Waals surface area contributed by atoms with Crippen LogP contribution in [0.3, 0.4) is 0 Å². The highest BCUT2D eigenvalue weighted by Crippen LogP contribution is 2.31. The SMILES string of the molecule is OC1(CNCc2ccc(-c3nc4ccccc4s3)o2)CCSC1. The van der Waals surface area contributed by atoms with Gasteiger partial charge in [0, 0.05) is 12.3 Å². The number of thiazole rings is 1. The molecule has 0 saturated carbocycles. The molecule has 1 aliphatic heterocycles. The smallest absolute Gasteiger partial charge is 0.163 e. The molecule has 0 amide bonds. The van der Waals surface area contributed by atoms with Gasteiger partial charge in [-0.25, -0.2) is 4.98 Å². The molecule has 0 spiro atoms. The molecular formula is C17H18N2O2S2. The van der Waals surface area contributed by atoms with Crippen LogP contribution in [0.25, 0.3) is 21.0 Å². The summed E-state index contributed by atoms with van der Waals surface area (Å²) in [5.74, 6) is 3.53. The van der Waals surface area contributed by atoms with Crippen LogP contribution >= 0.6 is 23.1 Å². The number of hydrogen-bond acceptors (Lipinski definition) is 6. The molecule has 4 rings (SSSR count). The first kappa shape index (κ1) is 15.2. The molecule has 1 aromatic carbocycles. The fourth-order valence-corrected chi connectivity index (χ4v) is 4.94. The molecule has 2 N–H and O–H groups in total. The number of para-hydroxylation sites is 1. The normalized spacial score (nSPS) is 21.3. The van der Waals surface area contributed by atoms with Crippen LogP contribution in [0.2, 0.25) is 0 Å². The van der Waals surface area contributed by atoms with Crippen molar-refractivity contribution in [1.82, 2.24) is 10.3 Å². The van der Waals surface area contributed by atoms with Crippen LogP contribution in [0.4, 0.5) is 0 Å². The Labute approximate surface area is 142 Å². The third-order valence-corrected chi connectivity index (χ3v) is 6.29. The van der Waals surface area contributed by atoms with Crippen molar-refractivity contribution < 1.29 is 9.52 Å². The van der Waals surface area contributed by atoms with Crippen molar-refractivity contribution in [2.45, 2.75) is 18.6 Å². The quantitative estimate of drug-likeness (QED) is 0.740. The van der Waals surface area contributed by atoms with E-state index >= 15 is 0 Å². The van der Waals surface area contributed by atoms with Crippen molar-refractivity contribution in [1.29, 1.82) is 0 Å². The lowest BCUT2D eigenvalue weighted by atomic mass is 10.0. The number of nitrogens with one attached hydrogen (secondary N) is 1. The molecule has 3 heterocycles. The summed E-state index contributed by atoms with van der Waals surface area (Å²) in [6.45, 7) is 1.23. The summed E-state index contributed by atoms with van der Waals surface area (Å²) >= 11 is 3.45. The van der Waals surface area contributed by atoms with Crippen LogP contribution in [-0.2, 0) is 6.54 Å². The minimum Gasteiger partial charge on any atom is -0.457 e. The Kier molecular flexibility index (Phi) is 4.15. The summed E-state index contributed by atoms with van der Waals surface area (Å²) in [6.07, 6.45) is 0.861. The lowest BCUT2D eigenvalue weighted by Crippen LogP contribution is -2.40. The van der Waals surface area contributed by atoms with Crippen molar-refractivity contribution in [2.75, 3.05) is 18.1 Å². The maximum absolute atomic E-state index is 10.3. The van der Waals surface area contributed by atoms with Crippen LogP contribution in [-0.4, -0.2) is 33.7 Å². The van der Waals surface area contributed by atoms with Gasteiger partial charge in [-0.05, 0) is 36.4 Å². The Morgan fingerprint density at radius 2 is 2.17 bits per heavy atom. The van der Waals surface area contributed by atoms with Crippen molar-refractivity contribution in [3.8, 4) is 10.8 Å². The number of rotatable bonds is 5. The second-order valence-corrected chi connectivity index (χ2v) is 8.02. The molecule has 1 atom stereocenters. The maximum Gasteiger partial charge on any atom is 0.163 e. The predicted octanol–water partition coefficient (Wildman–Crippen LogP) is 3.51. The van der Waals surface area contributed by atoms with E-state index < -0.39 is 5.60 Å². The molecule has 1 unspecified atom stereocenters. The maximum atomic E-state index is 10.3. The van der Waals surface area contributed by atoms with Gasteiger partial charge >= 0.3 is 0 Å². The van der Waals surface area contributed by atoms with Crippen LogP contribution < -0.4 is 5.32 Å². The minimum atomic E-state index is -0.562. The van der Waals surface area contributed by atoms with Crippen molar-refractivity contribution in [3.63, 3.8) is 0 Å². The summed E-state index contributed by atoms with van der Waals surface area (Å²) in [5.41, 5.74) is 0.442. The molecule has 0 aliphatic carbocycles. The van der Waals surface area contributed by atoms with E-state index in [0.29, 0.717) is 13.1 Å². The molecule has 1 aliphatic rings. The van der Waals surface area contributed by atoms with E-state index in [0.717, 1.165) is 40.0 Å². The van der Waals surface area contributed by atoms with E-state index in [-0.39, 0.29) is 0 Å². The highest BCUT2D eigenvalue weighted by atomic mass is 32.2. The van der Waals surface area contributed by atoms with Gasteiger partial charge in [-0.2, -0.15) is 11.8 Å². The van der Waals surface area contributed by atoms with Gasteiger partial charge in [-0.1, -0.05) is 12.1 Å². The molecule has 0 radical (unpaired) electrons. The molecule has 2 aromatic heterocycles. The number of aromatic nitrogens is 1. The fourth-order valence-electron chi connectivity index (χ4n) is 2.72. The fraction of sp³-hybridized carbons (Fsp3) is 0.353. The molecule has 4 nitrogen and oxygen atoms in total. The first-order valence-corrected chi connectivity index (χ1v) is 9.65. The van der Waals surface area contributed by atoms with E-state index in [1.54, 1.807) is 11.3 Å². The topological polar surface area (TPSA) is 58.3 Å². The monoisotopic (exact) mass is 346 g/mol. The second-order valence-electron chi connectivity index (χ2n) is 5.88. The molecule has 3 aromatic rings. The van der Waals surface area contributed by atoms with Crippen molar-refractivity contribution in [2.24, 2.45) is 0 Å². The number of fused-ring (bicyclic) bond motifs is 1. The molecular weight excluding hydrogens is 328 g/mol. The highest BCUT2D eigenvalue weighted by molar-refractivity contribution is 7.99. The van der Waals surface area contributed by atoms with E-state index in [1.807, 2.05) is 42.1 Å². The molecule has 1 saturated heterocycles. The zero-order valence-corrected chi connectivity index (χ0v) is 14.3. The Morgan fingerprint density at radius 1 is 1.26 bits per heavy atom. The summed E-state index contributed by atoms with van der Waals surface area (Å²) in [5, 5.41) is 14.5. The van der Waals surface area contributed by atoms with Gasteiger partial charge < -0.3 is 14.8 Å². The number of hydrogen-bond donors (Lipinski definition) is 2. The van der Waals surface area contributed by atoms with E-state index in [2.05, 4.69) is 16.4 Å². The first-order chi connectivity index (χ1) is 11.2. The van der Waals surface area contributed by atoms with Crippen molar-refractivity contribution in [3.05, 3.63) is 42.2 Å². The number of benzene rings is 1. The number of aliphatic hydroxyl groups is 1. The summed E-state index contributed by atoms with van der Waals surface area (Å²) in [4.78, 5) is 4.61. The van der Waals surface area contributed by atoms with Crippen LogP contribution in [0.5, 0.6) is 0 Å². The van der Waals surface area contributed by atoms with Gasteiger partial charge in [-0.3, -0.25) is 0 Å². The largest absolute Gasteiger partial charge is 0.457 e. The van der Waals surface area contributed by atoms with Gasteiger partial charge in [0.15, 0.2) is 10.8 Å². The van der Waals surface area contributed by atoms with Crippen LogP contribution in [0.1, 0.15) is 12.2 Å². The van der Waals surface area contributed by atoms with Crippen LogP contribution in [0, 0.1) is 0 Å². The lowest BCUT2D eigenvalue weighted by molar-refractivity contribution is 0.0670. The second kappa shape index (κ2) is 6.28. The predicted molar refractivity (Wildman–Crippen MR) is 95.9 cm³/mol.